The third-order valence-electron chi connectivity index (χ3n) is 3.93. The van der Waals surface area contributed by atoms with Crippen LogP contribution in [0.15, 0.2) is 18.2 Å². The number of benzene rings is 1. The predicted molar refractivity (Wildman–Crippen MR) is 72.6 cm³/mol. The third kappa shape index (κ3) is 2.16. The molecule has 0 radical (unpaired) electrons. The number of aromatic nitrogens is 3. The summed E-state index contributed by atoms with van der Waals surface area (Å²) in [6.07, 6.45) is 2.26. The SMILES string of the molecule is CCC1OCCC1Cn1nnc2c(C(=O)O)cccc21. The zero-order chi connectivity index (χ0) is 14.1. The van der Waals surface area contributed by atoms with Crippen molar-refractivity contribution in [3.05, 3.63) is 23.8 Å². The average Bonchev–Trinajstić information content (AvgIpc) is 3.06. The molecule has 1 aliphatic rings. The normalized spacial score (nSPS) is 22.4. The van der Waals surface area contributed by atoms with Crippen LogP contribution in [0.4, 0.5) is 0 Å². The number of carboxylic acid groups (broad SMARTS) is 1. The minimum absolute atomic E-state index is 0.198. The minimum Gasteiger partial charge on any atom is -0.478 e. The van der Waals surface area contributed by atoms with Gasteiger partial charge in [-0.25, -0.2) is 9.48 Å². The molecule has 0 spiro atoms. The fourth-order valence-corrected chi connectivity index (χ4v) is 2.87. The average molecular weight is 275 g/mol. The van der Waals surface area contributed by atoms with Crippen LogP contribution in [0.3, 0.4) is 0 Å². The molecule has 2 heterocycles. The molecule has 1 aliphatic heterocycles. The quantitative estimate of drug-likeness (QED) is 0.922. The molecule has 3 rings (SSSR count). The lowest BCUT2D eigenvalue weighted by Gasteiger charge is -2.16. The van der Waals surface area contributed by atoms with Gasteiger partial charge < -0.3 is 9.84 Å². The molecule has 6 nitrogen and oxygen atoms in total. The number of rotatable bonds is 4. The molecule has 20 heavy (non-hydrogen) atoms. The van der Waals surface area contributed by atoms with Gasteiger partial charge in [0.05, 0.1) is 17.2 Å². The van der Waals surface area contributed by atoms with Gasteiger partial charge in [-0.15, -0.1) is 5.10 Å². The lowest BCUT2D eigenvalue weighted by Crippen LogP contribution is -2.20. The Morgan fingerprint density at radius 2 is 2.40 bits per heavy atom. The van der Waals surface area contributed by atoms with E-state index in [9.17, 15) is 4.79 Å². The monoisotopic (exact) mass is 275 g/mol. The van der Waals surface area contributed by atoms with Crippen molar-refractivity contribution in [2.24, 2.45) is 5.92 Å². The highest BCUT2D eigenvalue weighted by Gasteiger charge is 2.28. The number of nitrogens with zero attached hydrogens (tertiary/aromatic N) is 3. The lowest BCUT2D eigenvalue weighted by molar-refractivity contribution is 0.0698. The number of hydrogen-bond donors (Lipinski definition) is 1. The van der Waals surface area contributed by atoms with Crippen molar-refractivity contribution in [1.82, 2.24) is 15.0 Å². The van der Waals surface area contributed by atoms with Crippen molar-refractivity contribution in [2.75, 3.05) is 6.61 Å². The Bertz CT molecular complexity index is 638. The number of fused-ring (bicyclic) bond motifs is 1. The molecule has 1 saturated heterocycles. The molecule has 106 valence electrons. The van der Waals surface area contributed by atoms with Gasteiger partial charge in [0.1, 0.15) is 5.52 Å². The summed E-state index contributed by atoms with van der Waals surface area (Å²) in [7, 11) is 0. The molecule has 0 bridgehead atoms. The topological polar surface area (TPSA) is 77.2 Å². The first-order valence-corrected chi connectivity index (χ1v) is 6.87. The van der Waals surface area contributed by atoms with Crippen molar-refractivity contribution in [1.29, 1.82) is 0 Å². The maximum atomic E-state index is 11.2. The fourth-order valence-electron chi connectivity index (χ4n) is 2.87. The first-order valence-electron chi connectivity index (χ1n) is 6.87. The van der Waals surface area contributed by atoms with Crippen LogP contribution in [0, 0.1) is 5.92 Å². The van der Waals surface area contributed by atoms with E-state index >= 15 is 0 Å². The van der Waals surface area contributed by atoms with Crippen LogP contribution in [0.1, 0.15) is 30.1 Å². The second-order valence-electron chi connectivity index (χ2n) is 5.12. The molecule has 1 aromatic heterocycles. The first-order chi connectivity index (χ1) is 9.70. The summed E-state index contributed by atoms with van der Waals surface area (Å²) < 4.78 is 7.48. The first kappa shape index (κ1) is 13.1. The van der Waals surface area contributed by atoms with E-state index in [4.69, 9.17) is 9.84 Å². The van der Waals surface area contributed by atoms with Crippen LogP contribution in [0.5, 0.6) is 0 Å². The highest BCUT2D eigenvalue weighted by Crippen LogP contribution is 2.26. The zero-order valence-electron chi connectivity index (χ0n) is 11.3. The number of aromatic carboxylic acids is 1. The summed E-state index contributed by atoms with van der Waals surface area (Å²) in [6.45, 7) is 3.62. The summed E-state index contributed by atoms with van der Waals surface area (Å²) in [4.78, 5) is 11.2. The van der Waals surface area contributed by atoms with Gasteiger partial charge in [0.2, 0.25) is 0 Å². The van der Waals surface area contributed by atoms with Gasteiger partial charge in [-0.2, -0.15) is 0 Å². The van der Waals surface area contributed by atoms with Crippen molar-refractivity contribution in [3.63, 3.8) is 0 Å². The Kier molecular flexibility index (Phi) is 3.40. The van der Waals surface area contributed by atoms with E-state index in [-0.39, 0.29) is 11.7 Å². The predicted octanol–water partition coefficient (Wildman–Crippen LogP) is 1.94. The summed E-state index contributed by atoms with van der Waals surface area (Å²) in [5, 5.41) is 17.3. The fraction of sp³-hybridized carbons (Fsp3) is 0.500. The van der Waals surface area contributed by atoms with Gasteiger partial charge in [-0.3, -0.25) is 0 Å². The standard InChI is InChI=1S/C14H17N3O3/c1-2-12-9(6-7-20-12)8-17-11-5-3-4-10(14(18)19)13(11)15-16-17/h3-5,9,12H,2,6-8H2,1H3,(H,18,19). The molecule has 1 aromatic carbocycles. The molecule has 0 saturated carbocycles. The van der Waals surface area contributed by atoms with Gasteiger partial charge in [-0.05, 0) is 25.0 Å². The minimum atomic E-state index is -0.974. The van der Waals surface area contributed by atoms with Gasteiger partial charge >= 0.3 is 5.97 Å². The Morgan fingerprint density at radius 3 is 3.15 bits per heavy atom. The van der Waals surface area contributed by atoms with E-state index in [2.05, 4.69) is 17.2 Å². The van der Waals surface area contributed by atoms with E-state index in [1.165, 1.54) is 0 Å². The van der Waals surface area contributed by atoms with Gasteiger partial charge in [-0.1, -0.05) is 18.2 Å². The van der Waals surface area contributed by atoms with Crippen LogP contribution < -0.4 is 0 Å². The van der Waals surface area contributed by atoms with E-state index in [0.29, 0.717) is 11.4 Å². The molecule has 2 aromatic rings. The van der Waals surface area contributed by atoms with Gasteiger partial charge in [0.25, 0.3) is 0 Å². The van der Waals surface area contributed by atoms with Gasteiger partial charge in [0, 0.05) is 19.1 Å². The van der Waals surface area contributed by atoms with E-state index in [1.807, 2.05) is 6.07 Å². The van der Waals surface area contributed by atoms with Crippen LogP contribution in [-0.2, 0) is 11.3 Å². The van der Waals surface area contributed by atoms with Crippen LogP contribution in [-0.4, -0.2) is 38.8 Å². The summed E-state index contributed by atoms with van der Waals surface area (Å²) in [6, 6.07) is 5.14. The highest BCUT2D eigenvalue weighted by atomic mass is 16.5. The zero-order valence-corrected chi connectivity index (χ0v) is 11.3. The molecule has 2 unspecified atom stereocenters. The largest absolute Gasteiger partial charge is 0.478 e. The number of hydrogen-bond acceptors (Lipinski definition) is 4. The Balaban J connectivity index is 1.93. The Hall–Kier alpha value is -1.95. The molecule has 0 aliphatic carbocycles. The molecule has 0 amide bonds. The summed E-state index contributed by atoms with van der Waals surface area (Å²) >= 11 is 0. The smallest absolute Gasteiger partial charge is 0.338 e. The van der Waals surface area contributed by atoms with Crippen molar-refractivity contribution < 1.29 is 14.6 Å². The molecule has 1 fully saturated rings. The number of ether oxygens (including phenoxy) is 1. The summed E-state index contributed by atoms with van der Waals surface area (Å²) in [5.41, 5.74) is 1.42. The number of carbonyl (C=O) groups is 1. The van der Waals surface area contributed by atoms with E-state index in [1.54, 1.807) is 16.8 Å². The van der Waals surface area contributed by atoms with Crippen LogP contribution in [0.25, 0.3) is 11.0 Å². The maximum absolute atomic E-state index is 11.2. The Morgan fingerprint density at radius 1 is 1.55 bits per heavy atom. The van der Waals surface area contributed by atoms with E-state index < -0.39 is 5.97 Å². The maximum Gasteiger partial charge on any atom is 0.338 e. The van der Waals surface area contributed by atoms with Crippen molar-refractivity contribution >= 4 is 17.0 Å². The summed E-state index contributed by atoms with van der Waals surface area (Å²) in [5.74, 6) is -0.559. The van der Waals surface area contributed by atoms with E-state index in [0.717, 1.165) is 31.5 Å². The molecular formula is C14H17N3O3. The second-order valence-corrected chi connectivity index (χ2v) is 5.12. The number of carboxylic acids is 1. The highest BCUT2D eigenvalue weighted by molar-refractivity contribution is 6.00. The van der Waals surface area contributed by atoms with Gasteiger partial charge in [0.15, 0.2) is 0 Å². The van der Waals surface area contributed by atoms with Crippen LogP contribution >= 0.6 is 0 Å². The van der Waals surface area contributed by atoms with Crippen molar-refractivity contribution in [2.45, 2.75) is 32.4 Å². The molecule has 6 heteroatoms. The van der Waals surface area contributed by atoms with Crippen molar-refractivity contribution in [3.8, 4) is 0 Å². The lowest BCUT2D eigenvalue weighted by atomic mass is 10.00. The third-order valence-corrected chi connectivity index (χ3v) is 3.93. The molecule has 1 N–H and O–H groups in total. The molecular weight excluding hydrogens is 258 g/mol. The Labute approximate surface area is 116 Å². The van der Waals surface area contributed by atoms with Crippen LogP contribution in [0.2, 0.25) is 0 Å². The second kappa shape index (κ2) is 5.20. The molecule has 2 atom stereocenters.